The molecular weight excluding hydrogens is 271 g/mol. The predicted octanol–water partition coefficient (Wildman–Crippen LogP) is 4.51. The Labute approximate surface area is 152 Å². The Morgan fingerprint density at radius 2 is 1.62 bits per heavy atom. The van der Waals surface area contributed by atoms with Gasteiger partial charge in [-0.25, -0.2) is 0 Å². The summed E-state index contributed by atoms with van der Waals surface area (Å²) in [4.78, 5) is 0. The van der Waals surface area contributed by atoms with E-state index in [0.717, 1.165) is 12.2 Å². The van der Waals surface area contributed by atoms with Crippen LogP contribution in [0.3, 0.4) is 0 Å². The first-order valence-electron chi connectivity index (χ1n) is 7.53. The molecule has 0 aliphatic carbocycles. The summed E-state index contributed by atoms with van der Waals surface area (Å²) >= 11 is 0. The average molecular weight is 302 g/mol. The van der Waals surface area contributed by atoms with Gasteiger partial charge in [0.15, 0.2) is 6.29 Å². The van der Waals surface area contributed by atoms with Crippen LogP contribution in [-0.2, 0) is 10.2 Å². The topological polar surface area (TPSA) is 18.5 Å². The Morgan fingerprint density at radius 1 is 1.05 bits per heavy atom. The molecule has 0 saturated carbocycles. The molecule has 0 heterocycles. The first kappa shape index (κ1) is 21.0. The summed E-state index contributed by atoms with van der Waals surface area (Å²) in [6.07, 6.45) is 0.884. The zero-order chi connectivity index (χ0) is 15.4. The molecule has 0 saturated heterocycles. The van der Waals surface area contributed by atoms with Gasteiger partial charge in [0.2, 0.25) is 0 Å². The molecule has 3 heteroatoms. The van der Waals surface area contributed by atoms with Gasteiger partial charge in [-0.15, -0.1) is 0 Å². The van der Waals surface area contributed by atoms with Gasteiger partial charge in [0.1, 0.15) is 5.75 Å². The van der Waals surface area contributed by atoms with E-state index in [1.165, 1.54) is 5.56 Å². The fourth-order valence-corrected chi connectivity index (χ4v) is 3.00. The van der Waals surface area contributed by atoms with E-state index >= 15 is 0 Å². The molecule has 0 N–H and O–H groups in total. The second-order valence-electron chi connectivity index (χ2n) is 7.26. The van der Waals surface area contributed by atoms with Gasteiger partial charge in [0, 0.05) is 6.61 Å². The first-order valence-corrected chi connectivity index (χ1v) is 7.53. The quantitative estimate of drug-likeness (QED) is 0.568. The van der Waals surface area contributed by atoms with Crippen LogP contribution in [0.1, 0.15) is 60.5 Å². The molecule has 0 fully saturated rings. The molecule has 1 rings (SSSR count). The van der Waals surface area contributed by atoms with Crippen molar-refractivity contribution in [2.24, 2.45) is 5.41 Å². The van der Waals surface area contributed by atoms with Crippen molar-refractivity contribution in [2.75, 3.05) is 6.61 Å². The SMILES string of the molecule is CCOC(C)Oc1ccccc1C(C)(C)CC(C)(C)C.[NaH]. The van der Waals surface area contributed by atoms with Crippen LogP contribution >= 0.6 is 0 Å². The molecule has 1 aromatic rings. The summed E-state index contributed by atoms with van der Waals surface area (Å²) in [6, 6.07) is 8.30. The maximum atomic E-state index is 5.96. The van der Waals surface area contributed by atoms with Crippen LogP contribution in [-0.4, -0.2) is 42.5 Å². The van der Waals surface area contributed by atoms with Gasteiger partial charge < -0.3 is 9.47 Å². The summed E-state index contributed by atoms with van der Waals surface area (Å²) in [5.74, 6) is 0.933. The summed E-state index contributed by atoms with van der Waals surface area (Å²) in [5.41, 5.74) is 1.60. The molecule has 0 aliphatic heterocycles. The van der Waals surface area contributed by atoms with Gasteiger partial charge in [-0.2, -0.15) is 0 Å². The molecule has 21 heavy (non-hydrogen) atoms. The van der Waals surface area contributed by atoms with E-state index < -0.39 is 0 Å². The number of ether oxygens (including phenoxy) is 2. The molecule has 1 unspecified atom stereocenters. The molecule has 1 aromatic carbocycles. The monoisotopic (exact) mass is 302 g/mol. The van der Waals surface area contributed by atoms with Crippen molar-refractivity contribution in [1.82, 2.24) is 0 Å². The number of para-hydroxylation sites is 1. The fourth-order valence-electron chi connectivity index (χ4n) is 3.00. The molecule has 1 atom stereocenters. The molecule has 0 bridgehead atoms. The number of rotatable bonds is 6. The summed E-state index contributed by atoms with van der Waals surface area (Å²) in [7, 11) is 0. The Morgan fingerprint density at radius 3 is 2.14 bits per heavy atom. The van der Waals surface area contributed by atoms with Crippen LogP contribution in [0.4, 0.5) is 0 Å². The van der Waals surface area contributed by atoms with Crippen molar-refractivity contribution in [3.8, 4) is 5.75 Å². The number of hydrogen-bond donors (Lipinski definition) is 0. The zero-order valence-corrected chi connectivity index (χ0v) is 14.1. The van der Waals surface area contributed by atoms with E-state index in [1.54, 1.807) is 0 Å². The second kappa shape index (κ2) is 8.57. The normalized spacial score (nSPS) is 13.5. The fraction of sp³-hybridized carbons (Fsp3) is 0.667. The van der Waals surface area contributed by atoms with Crippen LogP contribution in [0.15, 0.2) is 24.3 Å². The zero-order valence-electron chi connectivity index (χ0n) is 14.1. The second-order valence-corrected chi connectivity index (χ2v) is 7.26. The molecule has 116 valence electrons. The van der Waals surface area contributed by atoms with Crippen LogP contribution in [0.25, 0.3) is 0 Å². The van der Waals surface area contributed by atoms with E-state index in [4.69, 9.17) is 9.47 Å². The number of hydrogen-bond acceptors (Lipinski definition) is 2. The minimum absolute atomic E-state index is 0. The van der Waals surface area contributed by atoms with Gasteiger partial charge in [-0.3, -0.25) is 0 Å². The van der Waals surface area contributed by atoms with E-state index in [2.05, 4.69) is 46.8 Å². The predicted molar refractivity (Wildman–Crippen MR) is 92.4 cm³/mol. The maximum absolute atomic E-state index is 5.96. The molecule has 0 amide bonds. The van der Waals surface area contributed by atoms with Crippen LogP contribution in [0.2, 0.25) is 0 Å². The van der Waals surface area contributed by atoms with Gasteiger partial charge in [-0.1, -0.05) is 52.8 Å². The third-order valence-corrected chi connectivity index (χ3v) is 3.28. The Hall–Kier alpha value is -0.0200. The van der Waals surface area contributed by atoms with Crippen LogP contribution < -0.4 is 4.74 Å². The van der Waals surface area contributed by atoms with Crippen molar-refractivity contribution < 1.29 is 9.47 Å². The molecular formula is C18H31NaO2. The molecule has 0 aliphatic rings. The van der Waals surface area contributed by atoms with Crippen molar-refractivity contribution in [2.45, 2.75) is 66.6 Å². The van der Waals surface area contributed by atoms with E-state index in [9.17, 15) is 0 Å². The van der Waals surface area contributed by atoms with Crippen molar-refractivity contribution in [1.29, 1.82) is 0 Å². The molecule has 0 aromatic heterocycles. The molecule has 0 radical (unpaired) electrons. The van der Waals surface area contributed by atoms with Crippen molar-refractivity contribution >= 4 is 29.6 Å². The van der Waals surface area contributed by atoms with Crippen molar-refractivity contribution in [3.05, 3.63) is 29.8 Å². The van der Waals surface area contributed by atoms with Gasteiger partial charge >= 0.3 is 29.6 Å². The van der Waals surface area contributed by atoms with Crippen LogP contribution in [0, 0.1) is 5.41 Å². The van der Waals surface area contributed by atoms with Gasteiger partial charge in [0.25, 0.3) is 0 Å². The van der Waals surface area contributed by atoms with Gasteiger partial charge in [0.05, 0.1) is 0 Å². The number of benzene rings is 1. The van der Waals surface area contributed by atoms with Gasteiger partial charge in [-0.05, 0) is 42.7 Å². The van der Waals surface area contributed by atoms with E-state index in [0.29, 0.717) is 6.61 Å². The van der Waals surface area contributed by atoms with Crippen molar-refractivity contribution in [3.63, 3.8) is 0 Å². The standard InChI is InChI=1S/C18H30O2.Na.H/c1-8-19-14(2)20-16-12-10-9-11-15(16)18(6,7)13-17(3,4)5;;/h9-12,14H,8,13H2,1-7H3;;. The first-order chi connectivity index (χ1) is 9.15. The Kier molecular flexibility index (Phi) is 8.56. The Bertz CT molecular complexity index is 421. The minimum atomic E-state index is -0.216. The molecule has 0 spiro atoms. The Balaban J connectivity index is 0.00000400. The van der Waals surface area contributed by atoms with E-state index in [1.807, 2.05) is 26.0 Å². The third kappa shape index (κ3) is 7.19. The third-order valence-electron chi connectivity index (χ3n) is 3.28. The summed E-state index contributed by atoms with van der Waals surface area (Å²) in [6.45, 7) is 16.0. The average Bonchev–Trinajstić information content (AvgIpc) is 2.26. The van der Waals surface area contributed by atoms with Crippen LogP contribution in [0.5, 0.6) is 5.75 Å². The van der Waals surface area contributed by atoms with E-state index in [-0.39, 0.29) is 46.7 Å². The summed E-state index contributed by atoms with van der Waals surface area (Å²) in [5, 5.41) is 0. The summed E-state index contributed by atoms with van der Waals surface area (Å²) < 4.78 is 11.5. The molecule has 2 nitrogen and oxygen atoms in total.